The summed E-state index contributed by atoms with van der Waals surface area (Å²) < 4.78 is 5.04. The summed E-state index contributed by atoms with van der Waals surface area (Å²) >= 11 is 0. The number of pyridine rings is 1. The van der Waals surface area contributed by atoms with Crippen molar-refractivity contribution in [3.8, 4) is 0 Å². The molecule has 0 radical (unpaired) electrons. The van der Waals surface area contributed by atoms with E-state index in [1.54, 1.807) is 6.20 Å². The van der Waals surface area contributed by atoms with Gasteiger partial charge in [-0.25, -0.2) is 4.79 Å². The normalized spacial score (nSPS) is 12.6. The maximum absolute atomic E-state index is 11.4. The molecule has 11 heteroatoms. The molecule has 3 rings (SSSR count). The van der Waals surface area contributed by atoms with Crippen LogP contribution < -0.4 is 21.3 Å². The average Bonchev–Trinajstić information content (AvgIpc) is 2.67. The van der Waals surface area contributed by atoms with Crippen LogP contribution in [0.15, 0.2) is 53.8 Å². The monoisotopic (exact) mass is 462 g/mol. The Morgan fingerprint density at radius 3 is 2.21 bits per heavy atom. The van der Waals surface area contributed by atoms with Crippen LogP contribution in [0.4, 0.5) is 16.2 Å². The van der Waals surface area contributed by atoms with Gasteiger partial charge in [-0.1, -0.05) is 12.1 Å². The number of benzene rings is 1. The molecule has 4 N–H and O–H groups in total. The van der Waals surface area contributed by atoms with Gasteiger partial charge in [0, 0.05) is 38.1 Å². The Kier molecular flexibility index (Phi) is 11.8. The molecule has 1 saturated heterocycles. The summed E-state index contributed by atoms with van der Waals surface area (Å²) in [5.74, 6) is -0.310. The van der Waals surface area contributed by atoms with E-state index in [0.29, 0.717) is 0 Å². The van der Waals surface area contributed by atoms with Crippen molar-refractivity contribution < 1.29 is 9.53 Å². The first kappa shape index (κ1) is 26.6. The van der Waals surface area contributed by atoms with E-state index in [1.165, 1.54) is 0 Å². The molecule has 0 unspecified atom stereocenters. The largest absolute Gasteiger partial charge is 0.443 e. The van der Waals surface area contributed by atoms with Crippen molar-refractivity contribution in [1.82, 2.24) is 4.98 Å². The number of amides is 1. The predicted molar refractivity (Wildman–Crippen MR) is 123 cm³/mol. The third-order valence-corrected chi connectivity index (χ3v) is 4.15. The van der Waals surface area contributed by atoms with Crippen molar-refractivity contribution in [3.63, 3.8) is 0 Å². The molecule has 0 bridgehead atoms. The Morgan fingerprint density at radius 1 is 1.00 bits per heavy atom. The van der Waals surface area contributed by atoms with E-state index in [9.17, 15) is 4.79 Å². The summed E-state index contributed by atoms with van der Waals surface area (Å²) in [4.78, 5) is 23.5. The third kappa shape index (κ3) is 7.84. The molecule has 0 saturated carbocycles. The molecule has 0 aliphatic carbocycles. The van der Waals surface area contributed by atoms with E-state index in [2.05, 4.69) is 31.9 Å². The van der Waals surface area contributed by atoms with E-state index < -0.39 is 6.09 Å². The number of carbonyl (C=O) groups excluding carboxylic acids is 1. The highest BCUT2D eigenvalue weighted by Gasteiger charge is 2.17. The number of nitrogens with two attached hydrogens (primary N) is 2. The Balaban J connectivity index is 0.00000261. The highest BCUT2D eigenvalue weighted by atomic mass is 35.5. The second-order valence-corrected chi connectivity index (χ2v) is 5.95. The molecule has 1 amide bonds. The van der Waals surface area contributed by atoms with Gasteiger partial charge in [0.2, 0.25) is 0 Å². The summed E-state index contributed by atoms with van der Waals surface area (Å²) in [6.45, 7) is 3.79. The van der Waals surface area contributed by atoms with E-state index in [4.69, 9.17) is 16.2 Å². The first-order valence-corrected chi connectivity index (χ1v) is 8.37. The number of aromatic nitrogens is 1. The Hall–Kier alpha value is -2.42. The van der Waals surface area contributed by atoms with Crippen LogP contribution in [0.25, 0.3) is 0 Å². The van der Waals surface area contributed by atoms with Gasteiger partial charge in [-0.15, -0.1) is 42.2 Å². The number of rotatable bonds is 4. The minimum absolute atomic E-state index is 0. The first-order valence-electron chi connectivity index (χ1n) is 8.37. The van der Waals surface area contributed by atoms with Crippen molar-refractivity contribution in [2.45, 2.75) is 6.61 Å². The summed E-state index contributed by atoms with van der Waals surface area (Å²) in [5.41, 5.74) is 13.4. The molecule has 8 nitrogen and oxygen atoms in total. The van der Waals surface area contributed by atoms with Gasteiger partial charge in [-0.3, -0.25) is 4.98 Å². The minimum atomic E-state index is -0.791. The van der Waals surface area contributed by atoms with Gasteiger partial charge in [0.1, 0.15) is 6.61 Å². The maximum atomic E-state index is 11.4. The molecule has 1 aliphatic rings. The number of carbonyl (C=O) groups is 1. The molecule has 0 atom stereocenters. The van der Waals surface area contributed by atoms with Gasteiger partial charge < -0.3 is 26.0 Å². The van der Waals surface area contributed by atoms with Crippen LogP contribution in [0.2, 0.25) is 0 Å². The van der Waals surface area contributed by atoms with E-state index in [0.717, 1.165) is 43.1 Å². The third-order valence-electron chi connectivity index (χ3n) is 4.15. The van der Waals surface area contributed by atoms with Crippen molar-refractivity contribution in [2.24, 2.45) is 16.5 Å². The lowest BCUT2D eigenvalue weighted by Gasteiger charge is -2.37. The van der Waals surface area contributed by atoms with Gasteiger partial charge in [-0.2, -0.15) is 0 Å². The molecular formula is C18H25Cl3N6O2. The highest BCUT2D eigenvalue weighted by Crippen LogP contribution is 2.21. The molecule has 2 aromatic rings. The first-order chi connectivity index (χ1) is 12.6. The summed E-state index contributed by atoms with van der Waals surface area (Å²) in [6, 6.07) is 12.0. The van der Waals surface area contributed by atoms with Crippen LogP contribution in [0.3, 0.4) is 0 Å². The molecule has 1 aliphatic heterocycles. The SMILES string of the molecule is Cl.Cl.Cl.NC(N)=NC(=O)OCc1cccc(N2CCN(c3cccnc3)CC2)c1. The number of hydrogen-bond acceptors (Lipinski definition) is 5. The summed E-state index contributed by atoms with van der Waals surface area (Å²) in [5, 5.41) is 0. The fourth-order valence-electron chi connectivity index (χ4n) is 2.89. The molecule has 29 heavy (non-hydrogen) atoms. The number of anilines is 2. The fraction of sp³-hybridized carbons (Fsp3) is 0.278. The number of aliphatic imine (C=N–C) groups is 1. The zero-order valence-electron chi connectivity index (χ0n) is 15.6. The molecule has 160 valence electrons. The van der Waals surface area contributed by atoms with Crippen molar-refractivity contribution in [1.29, 1.82) is 0 Å². The predicted octanol–water partition coefficient (Wildman–Crippen LogP) is 2.58. The van der Waals surface area contributed by atoms with Gasteiger partial charge in [0.15, 0.2) is 5.96 Å². The van der Waals surface area contributed by atoms with E-state index >= 15 is 0 Å². The fourth-order valence-corrected chi connectivity index (χ4v) is 2.89. The lowest BCUT2D eigenvalue weighted by atomic mass is 10.1. The Labute approximate surface area is 188 Å². The number of guanidine groups is 1. The van der Waals surface area contributed by atoms with E-state index in [-0.39, 0.29) is 49.8 Å². The van der Waals surface area contributed by atoms with Gasteiger partial charge in [0.05, 0.1) is 11.9 Å². The van der Waals surface area contributed by atoms with Crippen LogP contribution in [0.5, 0.6) is 0 Å². The van der Waals surface area contributed by atoms with Crippen LogP contribution in [-0.4, -0.2) is 43.2 Å². The van der Waals surface area contributed by atoms with Gasteiger partial charge in [0.25, 0.3) is 0 Å². The number of halogens is 3. The van der Waals surface area contributed by atoms with Gasteiger partial charge >= 0.3 is 6.09 Å². The minimum Gasteiger partial charge on any atom is -0.443 e. The Morgan fingerprint density at radius 2 is 1.62 bits per heavy atom. The second-order valence-electron chi connectivity index (χ2n) is 5.95. The van der Waals surface area contributed by atoms with E-state index in [1.807, 2.05) is 30.5 Å². The molecule has 1 fully saturated rings. The molecule has 1 aromatic heterocycles. The summed E-state index contributed by atoms with van der Waals surface area (Å²) in [6.07, 6.45) is 2.88. The Bertz CT molecular complexity index is 782. The van der Waals surface area contributed by atoms with Crippen LogP contribution in [0.1, 0.15) is 5.56 Å². The van der Waals surface area contributed by atoms with Crippen molar-refractivity contribution in [3.05, 3.63) is 54.4 Å². The number of ether oxygens (including phenoxy) is 1. The number of hydrogen-bond donors (Lipinski definition) is 2. The topological polar surface area (TPSA) is 110 Å². The van der Waals surface area contributed by atoms with Crippen molar-refractivity contribution >= 4 is 60.6 Å². The van der Waals surface area contributed by atoms with Crippen LogP contribution in [-0.2, 0) is 11.3 Å². The van der Waals surface area contributed by atoms with Crippen LogP contribution in [0, 0.1) is 0 Å². The molecule has 0 spiro atoms. The lowest BCUT2D eigenvalue weighted by Crippen LogP contribution is -2.46. The molecule has 1 aromatic carbocycles. The quantitative estimate of drug-likeness (QED) is 0.529. The average molecular weight is 464 g/mol. The maximum Gasteiger partial charge on any atom is 0.437 e. The van der Waals surface area contributed by atoms with Gasteiger partial charge in [-0.05, 0) is 29.8 Å². The van der Waals surface area contributed by atoms with Crippen molar-refractivity contribution in [2.75, 3.05) is 36.0 Å². The lowest BCUT2D eigenvalue weighted by molar-refractivity contribution is 0.151. The second kappa shape index (κ2) is 12.9. The summed E-state index contributed by atoms with van der Waals surface area (Å²) in [7, 11) is 0. The zero-order valence-corrected chi connectivity index (χ0v) is 18.1. The highest BCUT2D eigenvalue weighted by molar-refractivity contribution is 5.87. The zero-order chi connectivity index (χ0) is 18.4. The standard InChI is InChI=1S/C18H22N6O2.3ClH/c19-17(20)22-18(25)26-13-14-3-1-4-15(11-14)23-7-9-24(10-8-23)16-5-2-6-21-12-16;;;/h1-6,11-12H,7-10,13H2,(H4,19,20,22,25);3*1H. The molecular weight excluding hydrogens is 439 g/mol. The number of nitrogens with zero attached hydrogens (tertiary/aromatic N) is 4. The van der Waals surface area contributed by atoms with Crippen LogP contribution >= 0.6 is 37.2 Å². The number of piperazine rings is 1. The molecule has 2 heterocycles. The smallest absolute Gasteiger partial charge is 0.437 e.